The number of hydrogen-bond donors (Lipinski definition) is 2. The van der Waals surface area contributed by atoms with Crippen LogP contribution in [0.1, 0.15) is 22.0 Å². The molecule has 10 heteroatoms. The average molecular weight is 485 g/mol. The van der Waals surface area contributed by atoms with Crippen LogP contribution in [-0.4, -0.2) is 32.3 Å². The van der Waals surface area contributed by atoms with Gasteiger partial charge in [0.1, 0.15) is 17.6 Å². The number of anilines is 1. The number of methoxy groups -OCH3 is 1. The van der Waals surface area contributed by atoms with Gasteiger partial charge in [-0.1, -0.05) is 17.7 Å². The number of ketones is 1. The second-order valence-corrected chi connectivity index (χ2v) is 9.97. The maximum absolute atomic E-state index is 13.2. The topological polar surface area (TPSA) is 127 Å². The van der Waals surface area contributed by atoms with E-state index < -0.39 is 27.8 Å². The smallest absolute Gasteiger partial charge is 0.300 e. The van der Waals surface area contributed by atoms with Gasteiger partial charge in [0.2, 0.25) is 10.0 Å². The third kappa shape index (κ3) is 4.04. The van der Waals surface area contributed by atoms with Crippen LogP contribution in [0.2, 0.25) is 0 Å². The molecule has 3 N–H and O–H groups in total. The van der Waals surface area contributed by atoms with Crippen LogP contribution in [0.5, 0.6) is 5.75 Å². The summed E-state index contributed by atoms with van der Waals surface area (Å²) in [4.78, 5) is 28.1. The molecule has 8 nitrogen and oxygen atoms in total. The largest absolute Gasteiger partial charge is 0.507 e. The van der Waals surface area contributed by atoms with Crippen LogP contribution < -0.4 is 14.8 Å². The van der Waals surface area contributed by atoms with Crippen molar-refractivity contribution in [2.24, 2.45) is 5.14 Å². The number of aliphatic hydroxyl groups is 1. The number of sulfonamides is 1. The summed E-state index contributed by atoms with van der Waals surface area (Å²) in [5.74, 6) is -1.70. The molecule has 0 saturated carbocycles. The number of primary sulfonamides is 1. The van der Waals surface area contributed by atoms with Crippen molar-refractivity contribution < 1.29 is 27.9 Å². The van der Waals surface area contributed by atoms with Gasteiger partial charge in [0, 0.05) is 10.6 Å². The highest BCUT2D eigenvalue weighted by molar-refractivity contribution is 7.89. The molecule has 0 radical (unpaired) electrons. The van der Waals surface area contributed by atoms with Gasteiger partial charge in [0.25, 0.3) is 11.7 Å². The molecule has 1 aliphatic heterocycles. The van der Waals surface area contributed by atoms with Gasteiger partial charge >= 0.3 is 0 Å². The second-order valence-electron chi connectivity index (χ2n) is 7.43. The van der Waals surface area contributed by atoms with Gasteiger partial charge in [-0.05, 0) is 54.8 Å². The van der Waals surface area contributed by atoms with Gasteiger partial charge in [0.15, 0.2) is 0 Å². The maximum atomic E-state index is 13.2. The highest BCUT2D eigenvalue weighted by Crippen LogP contribution is 2.44. The normalized spacial score (nSPS) is 18.0. The molecule has 33 heavy (non-hydrogen) atoms. The molecule has 1 unspecified atom stereocenters. The lowest BCUT2D eigenvalue weighted by Crippen LogP contribution is -2.29. The highest BCUT2D eigenvalue weighted by atomic mass is 32.2. The Morgan fingerprint density at radius 1 is 1.12 bits per heavy atom. The zero-order valence-electron chi connectivity index (χ0n) is 17.7. The van der Waals surface area contributed by atoms with Crippen LogP contribution in [-0.2, 0) is 19.6 Å². The summed E-state index contributed by atoms with van der Waals surface area (Å²) in [5.41, 5.74) is 1.33. The van der Waals surface area contributed by atoms with Gasteiger partial charge in [-0.25, -0.2) is 13.6 Å². The molecule has 1 aliphatic rings. The van der Waals surface area contributed by atoms with Crippen molar-refractivity contribution in [1.82, 2.24) is 0 Å². The number of thiophene rings is 1. The summed E-state index contributed by atoms with van der Waals surface area (Å²) in [7, 11) is -2.48. The molecule has 1 atom stereocenters. The summed E-state index contributed by atoms with van der Waals surface area (Å²) in [6.45, 7) is 1.83. The number of Topliss-reactive ketones (excluding diaryl/α,β-unsaturated/α-hetero) is 1. The zero-order valence-corrected chi connectivity index (χ0v) is 19.3. The van der Waals surface area contributed by atoms with Gasteiger partial charge in [-0.3, -0.25) is 14.5 Å². The predicted molar refractivity (Wildman–Crippen MR) is 125 cm³/mol. The number of amides is 1. The van der Waals surface area contributed by atoms with E-state index in [2.05, 4.69) is 0 Å². The third-order valence-corrected chi connectivity index (χ3v) is 7.16. The molecule has 2 aromatic carbocycles. The van der Waals surface area contributed by atoms with Crippen LogP contribution >= 0.6 is 11.3 Å². The average Bonchev–Trinajstić information content (AvgIpc) is 3.40. The lowest BCUT2D eigenvalue weighted by Gasteiger charge is -2.24. The number of hydrogen-bond acceptors (Lipinski definition) is 7. The molecule has 0 bridgehead atoms. The zero-order chi connectivity index (χ0) is 23.9. The lowest BCUT2D eigenvalue weighted by molar-refractivity contribution is -0.132. The first kappa shape index (κ1) is 22.7. The molecule has 0 aliphatic carbocycles. The molecule has 2 heterocycles. The van der Waals surface area contributed by atoms with Crippen LogP contribution in [0, 0.1) is 6.92 Å². The van der Waals surface area contributed by atoms with Crippen molar-refractivity contribution in [3.63, 3.8) is 0 Å². The van der Waals surface area contributed by atoms with E-state index in [9.17, 15) is 23.1 Å². The minimum absolute atomic E-state index is 0.0816. The van der Waals surface area contributed by atoms with E-state index in [-0.39, 0.29) is 21.9 Å². The molecular weight excluding hydrogens is 464 g/mol. The number of carbonyl (C=O) groups is 2. The van der Waals surface area contributed by atoms with Gasteiger partial charge in [-0.2, -0.15) is 0 Å². The van der Waals surface area contributed by atoms with E-state index >= 15 is 0 Å². The Bertz CT molecular complexity index is 1380. The molecule has 170 valence electrons. The Balaban J connectivity index is 1.93. The summed E-state index contributed by atoms with van der Waals surface area (Å²) >= 11 is 1.32. The standard InChI is InChI=1S/C23H20N2O6S2/c1-13-5-10-17(31-2)16(12-13)21(26)19-20(18-4-3-11-32-18)25(23(28)22(19)27)14-6-8-15(9-7-14)33(24,29)30/h3-12,20,26H,1-2H3,(H2,24,29,30)/b21-19-. The van der Waals surface area contributed by atoms with E-state index in [1.165, 1.54) is 47.6 Å². The molecule has 0 spiro atoms. The maximum Gasteiger partial charge on any atom is 0.300 e. The third-order valence-electron chi connectivity index (χ3n) is 5.31. The summed E-state index contributed by atoms with van der Waals surface area (Å²) < 4.78 is 28.6. The number of carbonyl (C=O) groups excluding carboxylic acids is 2. The van der Waals surface area contributed by atoms with Crippen molar-refractivity contribution in [3.05, 3.63) is 81.6 Å². The molecule has 1 amide bonds. The Hall–Kier alpha value is -3.47. The Morgan fingerprint density at radius 2 is 1.82 bits per heavy atom. The number of aryl methyl sites for hydroxylation is 1. The molecule has 4 rings (SSSR count). The number of rotatable bonds is 5. The van der Waals surface area contributed by atoms with Crippen molar-refractivity contribution in [2.75, 3.05) is 12.0 Å². The van der Waals surface area contributed by atoms with Gasteiger partial charge in [-0.15, -0.1) is 11.3 Å². The number of nitrogens with two attached hydrogens (primary N) is 1. The van der Waals surface area contributed by atoms with Crippen LogP contribution in [0.4, 0.5) is 5.69 Å². The number of benzene rings is 2. The quantitative estimate of drug-likeness (QED) is 0.325. The predicted octanol–water partition coefficient (Wildman–Crippen LogP) is 3.34. The fraction of sp³-hybridized carbons (Fsp3) is 0.130. The first-order chi connectivity index (χ1) is 15.6. The van der Waals surface area contributed by atoms with Crippen LogP contribution in [0.3, 0.4) is 0 Å². The van der Waals surface area contributed by atoms with Crippen molar-refractivity contribution in [3.8, 4) is 5.75 Å². The number of ether oxygens (including phenoxy) is 1. The Labute approximate surface area is 194 Å². The molecule has 3 aromatic rings. The molecular formula is C23H20N2O6S2. The fourth-order valence-electron chi connectivity index (χ4n) is 3.76. The molecule has 1 aromatic heterocycles. The van der Waals surface area contributed by atoms with Crippen molar-refractivity contribution >= 4 is 44.5 Å². The summed E-state index contributed by atoms with van der Waals surface area (Å²) in [6.07, 6.45) is 0. The van der Waals surface area contributed by atoms with E-state index in [1.807, 2.05) is 6.92 Å². The second kappa shape index (κ2) is 8.47. The Kier molecular flexibility index (Phi) is 5.83. The van der Waals surface area contributed by atoms with E-state index in [4.69, 9.17) is 9.88 Å². The van der Waals surface area contributed by atoms with E-state index in [0.29, 0.717) is 16.2 Å². The SMILES string of the molecule is COc1ccc(C)cc1/C(O)=C1/C(=O)C(=O)N(c2ccc(S(N)(=O)=O)cc2)C1c1cccs1. The minimum atomic E-state index is -3.93. The van der Waals surface area contributed by atoms with E-state index in [1.54, 1.807) is 35.7 Å². The molecule has 1 saturated heterocycles. The van der Waals surface area contributed by atoms with Crippen LogP contribution in [0.15, 0.2) is 70.4 Å². The van der Waals surface area contributed by atoms with Crippen LogP contribution in [0.25, 0.3) is 5.76 Å². The van der Waals surface area contributed by atoms with Crippen molar-refractivity contribution in [1.29, 1.82) is 0 Å². The first-order valence-corrected chi connectivity index (χ1v) is 12.2. The molecule has 1 fully saturated rings. The highest BCUT2D eigenvalue weighted by Gasteiger charge is 2.47. The first-order valence-electron chi connectivity index (χ1n) is 9.75. The minimum Gasteiger partial charge on any atom is -0.507 e. The number of nitrogens with zero attached hydrogens (tertiary/aromatic N) is 1. The van der Waals surface area contributed by atoms with Gasteiger partial charge in [0.05, 0.1) is 23.1 Å². The monoisotopic (exact) mass is 484 g/mol. The Morgan fingerprint density at radius 3 is 2.39 bits per heavy atom. The van der Waals surface area contributed by atoms with E-state index in [0.717, 1.165) is 5.56 Å². The summed E-state index contributed by atoms with van der Waals surface area (Å²) in [5, 5.41) is 18.2. The number of aliphatic hydroxyl groups excluding tert-OH is 1. The fourth-order valence-corrected chi connectivity index (χ4v) is 5.10. The lowest BCUT2D eigenvalue weighted by atomic mass is 9.98. The van der Waals surface area contributed by atoms with Gasteiger partial charge < -0.3 is 9.84 Å². The van der Waals surface area contributed by atoms with Crippen molar-refractivity contribution in [2.45, 2.75) is 17.9 Å². The summed E-state index contributed by atoms with van der Waals surface area (Å²) in [6, 6.07) is 13.1.